The Balaban J connectivity index is 1.55. The lowest BCUT2D eigenvalue weighted by atomic mass is 10.1. The number of hydrogen-bond acceptors (Lipinski definition) is 6. The highest BCUT2D eigenvalue weighted by Crippen LogP contribution is 2.36. The normalized spacial score (nSPS) is 19.7. The molecule has 30 heavy (non-hydrogen) atoms. The number of hydrogen-bond donors (Lipinski definition) is 2. The summed E-state index contributed by atoms with van der Waals surface area (Å²) in [6, 6.07) is 8.29. The van der Waals surface area contributed by atoms with E-state index in [4.69, 9.17) is 0 Å². The molecule has 154 valence electrons. The van der Waals surface area contributed by atoms with Crippen LogP contribution in [0.1, 0.15) is 13.8 Å². The van der Waals surface area contributed by atoms with Gasteiger partial charge in [0.25, 0.3) is 0 Å². The number of pyridine rings is 2. The van der Waals surface area contributed by atoms with E-state index in [0.717, 1.165) is 24.2 Å². The molecule has 4 aromatic rings. The van der Waals surface area contributed by atoms with Gasteiger partial charge in [0.15, 0.2) is 17.2 Å². The lowest BCUT2D eigenvalue weighted by Gasteiger charge is -2.37. The van der Waals surface area contributed by atoms with Crippen LogP contribution in [0, 0.1) is 5.82 Å². The van der Waals surface area contributed by atoms with E-state index in [9.17, 15) is 9.50 Å². The molecule has 0 amide bonds. The predicted molar refractivity (Wildman–Crippen MR) is 115 cm³/mol. The summed E-state index contributed by atoms with van der Waals surface area (Å²) >= 11 is 0. The maximum absolute atomic E-state index is 14.6. The number of rotatable bonds is 2. The second-order valence-electron chi connectivity index (χ2n) is 8.14. The summed E-state index contributed by atoms with van der Waals surface area (Å²) in [5.41, 5.74) is 2.54. The third kappa shape index (κ3) is 3.13. The summed E-state index contributed by atoms with van der Waals surface area (Å²) in [7, 11) is 1.71. The molecule has 1 aliphatic heterocycles. The fourth-order valence-electron chi connectivity index (χ4n) is 4.29. The number of phenolic OH excluding ortho intramolecular Hbond substituents is 1. The maximum Gasteiger partial charge on any atom is 0.193 e. The lowest BCUT2D eigenvalue weighted by molar-refractivity contribution is 0.407. The fraction of sp³-hybridized carbons (Fsp3) is 0.318. The van der Waals surface area contributed by atoms with Crippen LogP contribution in [0.4, 0.5) is 10.1 Å². The van der Waals surface area contributed by atoms with E-state index >= 15 is 0 Å². The van der Waals surface area contributed by atoms with Crippen LogP contribution in [0.25, 0.3) is 33.2 Å². The van der Waals surface area contributed by atoms with Crippen LogP contribution in [-0.2, 0) is 7.05 Å². The molecule has 1 aliphatic rings. The molecule has 1 aromatic carbocycles. The van der Waals surface area contributed by atoms with Gasteiger partial charge < -0.3 is 15.3 Å². The van der Waals surface area contributed by atoms with Crippen molar-refractivity contribution in [2.24, 2.45) is 7.05 Å². The van der Waals surface area contributed by atoms with Gasteiger partial charge in [-0.15, -0.1) is 0 Å². The lowest BCUT2D eigenvalue weighted by Crippen LogP contribution is -2.54. The van der Waals surface area contributed by atoms with Gasteiger partial charge in [0.05, 0.1) is 17.6 Å². The third-order valence-electron chi connectivity index (χ3n) is 5.55. The zero-order valence-electron chi connectivity index (χ0n) is 17.1. The highest BCUT2D eigenvalue weighted by atomic mass is 19.1. The van der Waals surface area contributed by atoms with Crippen LogP contribution < -0.4 is 10.2 Å². The quantitative estimate of drug-likeness (QED) is 0.532. The molecule has 0 radical (unpaired) electrons. The van der Waals surface area contributed by atoms with E-state index in [1.807, 2.05) is 12.3 Å². The Hall–Kier alpha value is -3.26. The van der Waals surface area contributed by atoms with Gasteiger partial charge >= 0.3 is 0 Å². The number of anilines is 1. The van der Waals surface area contributed by atoms with Crippen molar-refractivity contribution in [3.8, 4) is 17.0 Å². The minimum Gasteiger partial charge on any atom is -0.504 e. The second-order valence-corrected chi connectivity index (χ2v) is 8.14. The number of aromatic hydroxyl groups is 1. The first kappa shape index (κ1) is 18.7. The topological polar surface area (TPSA) is 79.1 Å². The molecule has 0 aliphatic carbocycles. The number of fused-ring (bicyclic) bond motifs is 2. The first-order valence-electron chi connectivity index (χ1n) is 10.0. The van der Waals surface area contributed by atoms with Gasteiger partial charge in [0, 0.05) is 54.8 Å². The minimum atomic E-state index is -0.741. The van der Waals surface area contributed by atoms with Gasteiger partial charge in [-0.1, -0.05) is 0 Å². The fourth-order valence-corrected chi connectivity index (χ4v) is 4.29. The zero-order chi connectivity index (χ0) is 21.0. The van der Waals surface area contributed by atoms with Crippen LogP contribution in [0.15, 0.2) is 36.7 Å². The van der Waals surface area contributed by atoms with Crippen LogP contribution in [-0.4, -0.2) is 50.0 Å². The van der Waals surface area contributed by atoms with Gasteiger partial charge in [0.1, 0.15) is 5.52 Å². The Morgan fingerprint density at radius 1 is 1.13 bits per heavy atom. The third-order valence-corrected chi connectivity index (χ3v) is 5.55. The number of aryl methyl sites for hydroxylation is 1. The van der Waals surface area contributed by atoms with E-state index < -0.39 is 11.6 Å². The van der Waals surface area contributed by atoms with Crippen molar-refractivity contribution < 1.29 is 9.50 Å². The summed E-state index contributed by atoms with van der Waals surface area (Å²) in [6.45, 7) is 6.19. The van der Waals surface area contributed by atoms with Crippen molar-refractivity contribution in [2.75, 3.05) is 18.0 Å². The number of halogens is 1. The Morgan fingerprint density at radius 3 is 2.67 bits per heavy atom. The molecule has 0 spiro atoms. The number of aromatic nitrogens is 4. The molecule has 7 nitrogen and oxygen atoms in total. The SMILES string of the molecule is C[C@@H]1CN(c2cnc3nc(-c4cc5cn(C)nc5c(F)c4O)ccc3c2)C[C@H](C)N1. The highest BCUT2D eigenvalue weighted by molar-refractivity contribution is 5.89. The molecule has 1 saturated heterocycles. The molecule has 3 aromatic heterocycles. The smallest absolute Gasteiger partial charge is 0.193 e. The largest absolute Gasteiger partial charge is 0.504 e. The van der Waals surface area contributed by atoms with Gasteiger partial charge in [0.2, 0.25) is 0 Å². The molecular formula is C22H23FN6O. The second kappa shape index (κ2) is 6.91. The molecule has 1 fully saturated rings. The minimum absolute atomic E-state index is 0.141. The number of nitrogens with one attached hydrogen (secondary N) is 1. The molecule has 5 rings (SSSR count). The average molecular weight is 406 g/mol. The van der Waals surface area contributed by atoms with Crippen molar-refractivity contribution >= 4 is 27.6 Å². The summed E-state index contributed by atoms with van der Waals surface area (Å²) in [5, 5.41) is 19.5. The molecule has 2 N–H and O–H groups in total. The Bertz CT molecular complexity index is 1260. The van der Waals surface area contributed by atoms with Crippen molar-refractivity contribution in [2.45, 2.75) is 25.9 Å². The number of piperazine rings is 1. The summed E-state index contributed by atoms with van der Waals surface area (Å²) < 4.78 is 16.1. The first-order chi connectivity index (χ1) is 14.4. The summed E-state index contributed by atoms with van der Waals surface area (Å²) in [6.07, 6.45) is 3.54. The van der Waals surface area contributed by atoms with Crippen molar-refractivity contribution in [3.63, 3.8) is 0 Å². The zero-order valence-corrected chi connectivity index (χ0v) is 17.1. The summed E-state index contributed by atoms with van der Waals surface area (Å²) in [4.78, 5) is 11.5. The number of phenols is 1. The Morgan fingerprint density at radius 2 is 1.90 bits per heavy atom. The van der Waals surface area contributed by atoms with Crippen LogP contribution in [0.2, 0.25) is 0 Å². The maximum atomic E-state index is 14.6. The van der Waals surface area contributed by atoms with Crippen LogP contribution in [0.5, 0.6) is 5.75 Å². The number of nitrogens with zero attached hydrogens (tertiary/aromatic N) is 5. The first-order valence-corrected chi connectivity index (χ1v) is 10.0. The average Bonchev–Trinajstić information content (AvgIpc) is 3.10. The van der Waals surface area contributed by atoms with Crippen molar-refractivity contribution in [1.29, 1.82) is 0 Å². The van der Waals surface area contributed by atoms with Crippen LogP contribution >= 0.6 is 0 Å². The van der Waals surface area contributed by atoms with E-state index in [1.165, 1.54) is 4.68 Å². The van der Waals surface area contributed by atoms with Gasteiger partial charge in [-0.2, -0.15) is 5.10 Å². The van der Waals surface area contributed by atoms with Crippen molar-refractivity contribution in [1.82, 2.24) is 25.1 Å². The summed E-state index contributed by atoms with van der Waals surface area (Å²) in [5.74, 6) is -1.19. The highest BCUT2D eigenvalue weighted by Gasteiger charge is 2.22. The predicted octanol–water partition coefficient (Wildman–Crippen LogP) is 3.21. The van der Waals surface area contributed by atoms with Crippen molar-refractivity contribution in [3.05, 3.63) is 42.5 Å². The molecule has 0 unspecified atom stereocenters. The molecule has 4 heterocycles. The molecular weight excluding hydrogens is 383 g/mol. The van der Waals surface area contributed by atoms with Gasteiger partial charge in [-0.25, -0.2) is 14.4 Å². The van der Waals surface area contributed by atoms with Gasteiger partial charge in [-0.05, 0) is 38.1 Å². The van der Waals surface area contributed by atoms with Gasteiger partial charge in [-0.3, -0.25) is 4.68 Å². The molecule has 0 saturated carbocycles. The van der Waals surface area contributed by atoms with E-state index in [-0.39, 0.29) is 5.52 Å². The number of benzene rings is 1. The molecule has 8 heteroatoms. The molecule has 2 atom stereocenters. The Kier molecular flexibility index (Phi) is 4.32. The van der Waals surface area contributed by atoms with E-state index in [0.29, 0.717) is 34.4 Å². The van der Waals surface area contributed by atoms with E-state index in [1.54, 1.807) is 25.4 Å². The monoisotopic (exact) mass is 406 g/mol. The molecule has 0 bridgehead atoms. The Labute approximate surface area is 173 Å². The standard InChI is InChI=1S/C22H23FN6O/c1-12-9-29(10-13(2)25-12)16-6-14-4-5-18(26-22(14)24-8-16)17-7-15-11-28(3)27-20(15)19(23)21(17)30/h4-8,11-13,25,30H,9-10H2,1-3H3/t12-,13+. The van der Waals surface area contributed by atoms with Crippen LogP contribution in [0.3, 0.4) is 0 Å². The van der Waals surface area contributed by atoms with E-state index in [2.05, 4.69) is 45.2 Å².